The Morgan fingerprint density at radius 3 is 3.07 bits per heavy atom. The average Bonchev–Trinajstić information content (AvgIpc) is 2.72. The Balaban J connectivity index is 2.00. The smallest absolute Gasteiger partial charge is 0.228 e. The van der Waals surface area contributed by atoms with E-state index in [0.29, 0.717) is 18.2 Å². The van der Waals surface area contributed by atoms with Crippen molar-refractivity contribution in [1.82, 2.24) is 15.0 Å². The Morgan fingerprint density at radius 2 is 2.47 bits per heavy atom. The number of nitrogens with two attached hydrogens (primary N) is 1. The van der Waals surface area contributed by atoms with E-state index in [4.69, 9.17) is 10.3 Å². The van der Waals surface area contributed by atoms with E-state index in [1.165, 1.54) is 0 Å². The van der Waals surface area contributed by atoms with Crippen molar-refractivity contribution >= 4 is 0 Å². The monoisotopic (exact) mass is 210 g/mol. The zero-order valence-corrected chi connectivity index (χ0v) is 9.31. The molecule has 1 aromatic heterocycles. The fourth-order valence-electron chi connectivity index (χ4n) is 1.94. The summed E-state index contributed by atoms with van der Waals surface area (Å²) in [5.74, 6) is 1.94. The molecule has 2 N–H and O–H groups in total. The number of rotatable bonds is 3. The predicted octanol–water partition coefficient (Wildman–Crippen LogP) is 0.378. The van der Waals surface area contributed by atoms with Crippen LogP contribution in [-0.2, 0) is 6.42 Å². The lowest BCUT2D eigenvalue weighted by Gasteiger charge is -2.05. The van der Waals surface area contributed by atoms with Crippen LogP contribution in [0.3, 0.4) is 0 Å². The molecule has 0 amide bonds. The third kappa shape index (κ3) is 2.54. The van der Waals surface area contributed by atoms with Crippen LogP contribution in [0.1, 0.15) is 31.0 Å². The summed E-state index contributed by atoms with van der Waals surface area (Å²) < 4.78 is 5.16. The van der Waals surface area contributed by atoms with Gasteiger partial charge in [0.1, 0.15) is 0 Å². The summed E-state index contributed by atoms with van der Waals surface area (Å²) in [5.41, 5.74) is 5.67. The molecule has 15 heavy (non-hydrogen) atoms. The van der Waals surface area contributed by atoms with E-state index in [1.807, 2.05) is 6.92 Å². The zero-order chi connectivity index (χ0) is 10.8. The number of aromatic nitrogens is 2. The molecule has 0 bridgehead atoms. The van der Waals surface area contributed by atoms with Crippen LogP contribution in [0.25, 0.3) is 0 Å². The molecular weight excluding hydrogens is 192 g/mol. The van der Waals surface area contributed by atoms with Crippen molar-refractivity contribution in [2.45, 2.75) is 31.7 Å². The molecule has 1 aromatic rings. The van der Waals surface area contributed by atoms with Crippen LogP contribution in [0, 0.1) is 0 Å². The van der Waals surface area contributed by atoms with Crippen molar-refractivity contribution in [3.05, 3.63) is 11.7 Å². The highest BCUT2D eigenvalue weighted by Gasteiger charge is 2.25. The highest BCUT2D eigenvalue weighted by atomic mass is 16.5. The molecule has 0 aromatic carbocycles. The van der Waals surface area contributed by atoms with Crippen LogP contribution in [0.5, 0.6) is 0 Å². The number of nitrogens with zero attached hydrogens (tertiary/aromatic N) is 3. The summed E-state index contributed by atoms with van der Waals surface area (Å²) in [6.45, 7) is 4.08. The molecule has 5 nitrogen and oxygen atoms in total. The molecule has 1 aliphatic rings. The van der Waals surface area contributed by atoms with Crippen LogP contribution in [0.15, 0.2) is 4.52 Å². The molecule has 0 aliphatic carbocycles. The van der Waals surface area contributed by atoms with E-state index >= 15 is 0 Å². The van der Waals surface area contributed by atoms with Gasteiger partial charge >= 0.3 is 0 Å². The minimum atomic E-state index is 0.0737. The minimum absolute atomic E-state index is 0.0737. The van der Waals surface area contributed by atoms with Crippen molar-refractivity contribution < 1.29 is 4.52 Å². The normalized spacial score (nSPS) is 24.6. The van der Waals surface area contributed by atoms with E-state index in [2.05, 4.69) is 22.1 Å². The van der Waals surface area contributed by atoms with Gasteiger partial charge < -0.3 is 15.2 Å². The first-order valence-corrected chi connectivity index (χ1v) is 5.41. The third-order valence-electron chi connectivity index (χ3n) is 2.74. The Bertz CT molecular complexity index is 323. The first-order chi connectivity index (χ1) is 7.15. The van der Waals surface area contributed by atoms with Gasteiger partial charge in [-0.1, -0.05) is 5.16 Å². The van der Waals surface area contributed by atoms with E-state index in [9.17, 15) is 0 Å². The molecule has 1 saturated heterocycles. The molecule has 0 saturated carbocycles. The number of likely N-dealkylation sites (tertiary alicyclic amines) is 1. The highest BCUT2D eigenvalue weighted by Crippen LogP contribution is 2.23. The number of likely N-dealkylation sites (N-methyl/N-ethyl adjacent to an activating group) is 1. The zero-order valence-electron chi connectivity index (χ0n) is 9.31. The predicted molar refractivity (Wildman–Crippen MR) is 56.5 cm³/mol. The first-order valence-electron chi connectivity index (χ1n) is 5.41. The molecule has 2 unspecified atom stereocenters. The molecule has 84 valence electrons. The number of hydrogen-bond donors (Lipinski definition) is 1. The largest absolute Gasteiger partial charge is 0.339 e. The van der Waals surface area contributed by atoms with E-state index in [-0.39, 0.29) is 6.04 Å². The summed E-state index contributed by atoms with van der Waals surface area (Å²) in [6.07, 6.45) is 1.78. The van der Waals surface area contributed by atoms with Crippen molar-refractivity contribution in [3.63, 3.8) is 0 Å². The maximum Gasteiger partial charge on any atom is 0.228 e. The second-order valence-corrected chi connectivity index (χ2v) is 4.48. The highest BCUT2D eigenvalue weighted by molar-refractivity contribution is 5.00. The van der Waals surface area contributed by atoms with Gasteiger partial charge in [0, 0.05) is 24.9 Å². The third-order valence-corrected chi connectivity index (χ3v) is 2.74. The van der Waals surface area contributed by atoms with Gasteiger partial charge in [0.2, 0.25) is 5.89 Å². The number of hydrogen-bond acceptors (Lipinski definition) is 5. The standard InChI is InChI=1S/C10H18N4O/c1-7(11)5-9-12-10(13-15-9)8-3-4-14(2)6-8/h7-8H,3-6,11H2,1-2H3. The molecule has 0 spiro atoms. The summed E-state index contributed by atoms with van der Waals surface area (Å²) in [5, 5.41) is 4.02. The summed E-state index contributed by atoms with van der Waals surface area (Å²) in [7, 11) is 2.11. The maximum atomic E-state index is 5.67. The lowest BCUT2D eigenvalue weighted by atomic mass is 10.1. The van der Waals surface area contributed by atoms with Gasteiger partial charge in [-0.2, -0.15) is 4.98 Å². The van der Waals surface area contributed by atoms with E-state index < -0.39 is 0 Å². The van der Waals surface area contributed by atoms with E-state index in [0.717, 1.165) is 25.3 Å². The van der Waals surface area contributed by atoms with Crippen molar-refractivity contribution in [2.24, 2.45) is 5.73 Å². The average molecular weight is 210 g/mol. The van der Waals surface area contributed by atoms with Crippen molar-refractivity contribution in [3.8, 4) is 0 Å². The molecule has 5 heteroatoms. The maximum absolute atomic E-state index is 5.67. The molecular formula is C10H18N4O. The first kappa shape index (κ1) is 10.6. The van der Waals surface area contributed by atoms with Gasteiger partial charge in [-0.25, -0.2) is 0 Å². The van der Waals surface area contributed by atoms with Crippen LogP contribution >= 0.6 is 0 Å². The lowest BCUT2D eigenvalue weighted by molar-refractivity contribution is 0.361. The van der Waals surface area contributed by atoms with Crippen LogP contribution in [-0.4, -0.2) is 41.2 Å². The SMILES string of the molecule is CC(N)Cc1nc(C2CCN(C)C2)no1. The fourth-order valence-corrected chi connectivity index (χ4v) is 1.94. The Kier molecular flexibility index (Phi) is 3.02. The van der Waals surface area contributed by atoms with Gasteiger partial charge in [0.05, 0.1) is 0 Å². The van der Waals surface area contributed by atoms with Crippen LogP contribution < -0.4 is 5.73 Å². The molecule has 0 radical (unpaired) electrons. The van der Waals surface area contributed by atoms with Gasteiger partial charge in [-0.15, -0.1) is 0 Å². The summed E-state index contributed by atoms with van der Waals surface area (Å²) in [6, 6.07) is 0.0737. The molecule has 2 atom stereocenters. The van der Waals surface area contributed by atoms with Crippen LogP contribution in [0.4, 0.5) is 0 Å². The topological polar surface area (TPSA) is 68.2 Å². The summed E-state index contributed by atoms with van der Waals surface area (Å²) in [4.78, 5) is 6.67. The molecule has 2 rings (SSSR count). The van der Waals surface area contributed by atoms with Crippen molar-refractivity contribution in [1.29, 1.82) is 0 Å². The van der Waals surface area contributed by atoms with Crippen LogP contribution in [0.2, 0.25) is 0 Å². The Labute approximate surface area is 89.6 Å². The fraction of sp³-hybridized carbons (Fsp3) is 0.800. The Hall–Kier alpha value is -0.940. The Morgan fingerprint density at radius 1 is 1.67 bits per heavy atom. The lowest BCUT2D eigenvalue weighted by Crippen LogP contribution is -2.18. The second-order valence-electron chi connectivity index (χ2n) is 4.48. The molecule has 2 heterocycles. The van der Waals surface area contributed by atoms with Crippen molar-refractivity contribution in [2.75, 3.05) is 20.1 Å². The van der Waals surface area contributed by atoms with Gasteiger partial charge in [-0.05, 0) is 26.9 Å². The van der Waals surface area contributed by atoms with Gasteiger partial charge in [0.15, 0.2) is 5.82 Å². The van der Waals surface area contributed by atoms with Gasteiger partial charge in [0.25, 0.3) is 0 Å². The minimum Gasteiger partial charge on any atom is -0.339 e. The van der Waals surface area contributed by atoms with Gasteiger partial charge in [-0.3, -0.25) is 0 Å². The second kappa shape index (κ2) is 4.28. The molecule has 1 fully saturated rings. The van der Waals surface area contributed by atoms with E-state index in [1.54, 1.807) is 0 Å². The molecule has 1 aliphatic heterocycles. The summed E-state index contributed by atoms with van der Waals surface area (Å²) >= 11 is 0. The quantitative estimate of drug-likeness (QED) is 0.781.